The summed E-state index contributed by atoms with van der Waals surface area (Å²) in [6, 6.07) is 0. The van der Waals surface area contributed by atoms with E-state index in [0.29, 0.717) is 17.6 Å². The van der Waals surface area contributed by atoms with Crippen LogP contribution in [0.4, 0.5) is 0 Å². The largest absolute Gasteiger partial charge is 0.457 e. The second kappa shape index (κ2) is 6.80. The molecule has 0 aromatic rings. The Labute approximate surface area is 156 Å². The molecular formula is C22H30O4. The molecule has 0 aromatic carbocycles. The lowest BCUT2D eigenvalue weighted by molar-refractivity contribution is -0.166. The summed E-state index contributed by atoms with van der Waals surface area (Å²) in [5, 5.41) is 11.6. The molecule has 4 heteroatoms. The number of ketones is 1. The van der Waals surface area contributed by atoms with Crippen molar-refractivity contribution < 1.29 is 19.4 Å². The average molecular weight is 358 g/mol. The minimum atomic E-state index is -1.31. The van der Waals surface area contributed by atoms with Gasteiger partial charge in [-0.2, -0.15) is 0 Å². The van der Waals surface area contributed by atoms with Gasteiger partial charge in [0.25, 0.3) is 0 Å². The fourth-order valence-corrected chi connectivity index (χ4v) is 4.89. The molecule has 5 atom stereocenters. The number of Topliss-reactive ketones (excluding diaryl/α,β-unsaturated/α-hetero) is 1. The van der Waals surface area contributed by atoms with Gasteiger partial charge in [0.1, 0.15) is 17.1 Å². The summed E-state index contributed by atoms with van der Waals surface area (Å²) in [6.45, 7) is 9.77. The Bertz CT molecular complexity index is 688. The number of allylic oxidation sites excluding steroid dienone is 3. The van der Waals surface area contributed by atoms with Crippen LogP contribution in [0.25, 0.3) is 0 Å². The van der Waals surface area contributed by atoms with E-state index in [2.05, 4.69) is 13.5 Å². The molecule has 0 radical (unpaired) electrons. The lowest BCUT2D eigenvalue weighted by atomic mass is 9.64. The Kier molecular flexibility index (Phi) is 5.00. The molecule has 142 valence electrons. The smallest absolute Gasteiger partial charge is 0.334 e. The number of carbonyl (C=O) groups excluding carboxylic acids is 2. The number of ether oxygens (including phenoxy) is 1. The van der Waals surface area contributed by atoms with Crippen LogP contribution in [0, 0.1) is 17.3 Å². The highest BCUT2D eigenvalue weighted by atomic mass is 16.6. The van der Waals surface area contributed by atoms with Gasteiger partial charge in [-0.1, -0.05) is 45.4 Å². The van der Waals surface area contributed by atoms with Crippen LogP contribution in [0.3, 0.4) is 0 Å². The predicted molar refractivity (Wildman–Crippen MR) is 100 cm³/mol. The van der Waals surface area contributed by atoms with E-state index < -0.39 is 23.1 Å². The van der Waals surface area contributed by atoms with Crippen molar-refractivity contribution in [3.8, 4) is 0 Å². The zero-order chi connectivity index (χ0) is 19.1. The Balaban J connectivity index is 1.94. The fourth-order valence-electron chi connectivity index (χ4n) is 4.89. The number of rotatable bonds is 5. The Morgan fingerprint density at radius 1 is 1.35 bits per heavy atom. The molecule has 0 bridgehead atoms. The van der Waals surface area contributed by atoms with Crippen LogP contribution in [0.15, 0.2) is 36.0 Å². The molecule has 0 amide bonds. The van der Waals surface area contributed by atoms with Gasteiger partial charge >= 0.3 is 5.97 Å². The van der Waals surface area contributed by atoms with Gasteiger partial charge in [0, 0.05) is 17.1 Å². The maximum Gasteiger partial charge on any atom is 0.334 e. The van der Waals surface area contributed by atoms with Gasteiger partial charge in [0.2, 0.25) is 0 Å². The summed E-state index contributed by atoms with van der Waals surface area (Å²) in [5.74, 6) is -0.860. The van der Waals surface area contributed by atoms with Gasteiger partial charge in [0.15, 0.2) is 5.78 Å². The zero-order valence-electron chi connectivity index (χ0n) is 16.1. The number of hydrogen-bond acceptors (Lipinski definition) is 4. The van der Waals surface area contributed by atoms with Crippen molar-refractivity contribution in [3.05, 3.63) is 36.0 Å². The fraction of sp³-hybridized carbons (Fsp3) is 0.636. The summed E-state index contributed by atoms with van der Waals surface area (Å²) in [4.78, 5) is 25.4. The average Bonchev–Trinajstić information content (AvgIpc) is 2.98. The lowest BCUT2D eigenvalue weighted by Crippen LogP contribution is -2.56. The topological polar surface area (TPSA) is 63.6 Å². The highest BCUT2D eigenvalue weighted by Gasteiger charge is 2.68. The van der Waals surface area contributed by atoms with E-state index in [1.807, 2.05) is 19.1 Å². The summed E-state index contributed by atoms with van der Waals surface area (Å²) < 4.78 is 5.59. The van der Waals surface area contributed by atoms with Crippen molar-refractivity contribution in [3.63, 3.8) is 0 Å². The first-order chi connectivity index (χ1) is 12.3. The minimum Gasteiger partial charge on any atom is -0.457 e. The third-order valence-electron chi connectivity index (χ3n) is 6.75. The third-order valence-corrected chi connectivity index (χ3v) is 6.75. The number of fused-ring (bicyclic) bond motifs is 3. The van der Waals surface area contributed by atoms with E-state index in [4.69, 9.17) is 4.74 Å². The maximum absolute atomic E-state index is 13.3. The standard InChI is InChI=1S/C22H30O4/c1-5-6-7-8-9-10-16-13-22(25)14(2)11-12-17-15(3)20(24)26-19(17)21(22,4)18(16)23/h9-10,13-14,17,19,25H,3,5-8,11-12H2,1-2,4H3/b10-9+/t14-,17-,19+,21-,22+/m0/s1. The monoisotopic (exact) mass is 358 g/mol. The van der Waals surface area contributed by atoms with E-state index in [1.54, 1.807) is 13.0 Å². The molecule has 2 fully saturated rings. The summed E-state index contributed by atoms with van der Waals surface area (Å²) in [7, 11) is 0. The number of hydrogen-bond donors (Lipinski definition) is 1. The Morgan fingerprint density at radius 3 is 2.77 bits per heavy atom. The summed E-state index contributed by atoms with van der Waals surface area (Å²) >= 11 is 0. The highest BCUT2D eigenvalue weighted by molar-refractivity contribution is 6.07. The quantitative estimate of drug-likeness (QED) is 0.460. The highest BCUT2D eigenvalue weighted by Crippen LogP contribution is 2.57. The van der Waals surface area contributed by atoms with Crippen LogP contribution in [0.2, 0.25) is 0 Å². The molecule has 3 aliphatic rings. The second-order valence-corrected chi connectivity index (χ2v) is 8.29. The second-order valence-electron chi connectivity index (χ2n) is 8.29. The van der Waals surface area contributed by atoms with Gasteiger partial charge in [-0.15, -0.1) is 0 Å². The van der Waals surface area contributed by atoms with Crippen molar-refractivity contribution in [1.82, 2.24) is 0 Å². The van der Waals surface area contributed by atoms with Crippen LogP contribution in [-0.2, 0) is 14.3 Å². The SMILES string of the molecule is C=C1C(=O)O[C@@H]2[C@H]1CC[C@H](C)[C@]1(O)C=C(/C=C/CCCCC)C(=O)[C@@]21C. The molecule has 0 aromatic heterocycles. The Hall–Kier alpha value is -1.68. The van der Waals surface area contributed by atoms with Crippen molar-refractivity contribution in [1.29, 1.82) is 0 Å². The molecule has 1 saturated carbocycles. The molecule has 1 saturated heterocycles. The first-order valence-electron chi connectivity index (χ1n) is 9.83. The van der Waals surface area contributed by atoms with Crippen LogP contribution in [0.1, 0.15) is 59.3 Å². The van der Waals surface area contributed by atoms with E-state index >= 15 is 0 Å². The van der Waals surface area contributed by atoms with Crippen molar-refractivity contribution >= 4 is 11.8 Å². The molecular weight excluding hydrogens is 328 g/mol. The molecule has 0 unspecified atom stereocenters. The van der Waals surface area contributed by atoms with Gasteiger partial charge in [0.05, 0.1) is 0 Å². The van der Waals surface area contributed by atoms with E-state index in [9.17, 15) is 14.7 Å². The summed E-state index contributed by atoms with van der Waals surface area (Å²) in [5.41, 5.74) is -1.50. The number of esters is 1. The van der Waals surface area contributed by atoms with Crippen molar-refractivity contribution in [2.75, 3.05) is 0 Å². The van der Waals surface area contributed by atoms with Gasteiger partial charge in [-0.25, -0.2) is 4.79 Å². The molecule has 1 heterocycles. The summed E-state index contributed by atoms with van der Waals surface area (Å²) in [6.07, 6.45) is 10.7. The first kappa shape index (κ1) is 19.1. The van der Waals surface area contributed by atoms with E-state index in [0.717, 1.165) is 32.1 Å². The third kappa shape index (κ3) is 2.61. The lowest BCUT2D eigenvalue weighted by Gasteiger charge is -2.43. The van der Waals surface area contributed by atoms with Crippen LogP contribution >= 0.6 is 0 Å². The van der Waals surface area contributed by atoms with Crippen molar-refractivity contribution in [2.45, 2.75) is 71.0 Å². The molecule has 2 aliphatic carbocycles. The number of aliphatic hydroxyl groups is 1. The minimum absolute atomic E-state index is 0.0976. The van der Waals surface area contributed by atoms with Gasteiger partial charge < -0.3 is 9.84 Å². The predicted octanol–water partition coefficient (Wildman–Crippen LogP) is 3.90. The maximum atomic E-state index is 13.3. The number of unbranched alkanes of at least 4 members (excludes halogenated alkanes) is 3. The Morgan fingerprint density at radius 2 is 2.08 bits per heavy atom. The molecule has 0 spiro atoms. The van der Waals surface area contributed by atoms with Crippen LogP contribution < -0.4 is 0 Å². The molecule has 26 heavy (non-hydrogen) atoms. The van der Waals surface area contributed by atoms with Crippen LogP contribution in [-0.4, -0.2) is 28.6 Å². The van der Waals surface area contributed by atoms with Crippen LogP contribution in [0.5, 0.6) is 0 Å². The van der Waals surface area contributed by atoms with E-state index in [1.165, 1.54) is 0 Å². The molecule has 1 N–H and O–H groups in total. The van der Waals surface area contributed by atoms with Gasteiger partial charge in [-0.05, 0) is 44.6 Å². The van der Waals surface area contributed by atoms with Gasteiger partial charge in [-0.3, -0.25) is 4.79 Å². The normalized spacial score (nSPS) is 39.6. The van der Waals surface area contributed by atoms with Crippen molar-refractivity contribution in [2.24, 2.45) is 17.3 Å². The zero-order valence-corrected chi connectivity index (χ0v) is 16.1. The molecule has 3 rings (SSSR count). The molecule has 1 aliphatic heterocycles. The van der Waals surface area contributed by atoms with E-state index in [-0.39, 0.29) is 17.6 Å². The number of carbonyl (C=O) groups is 2. The molecule has 4 nitrogen and oxygen atoms in total. The first-order valence-corrected chi connectivity index (χ1v) is 9.83.